The molecule has 0 spiro atoms. The maximum atomic E-state index is 12.9. The number of fused-ring (bicyclic) bond motifs is 2. The van der Waals surface area contributed by atoms with E-state index in [1.165, 1.54) is 17.3 Å². The summed E-state index contributed by atoms with van der Waals surface area (Å²) in [7, 11) is 0. The van der Waals surface area contributed by atoms with Crippen molar-refractivity contribution in [1.29, 1.82) is 0 Å². The van der Waals surface area contributed by atoms with Gasteiger partial charge in [0.1, 0.15) is 5.82 Å². The summed E-state index contributed by atoms with van der Waals surface area (Å²) in [5, 5.41) is 13.7. The van der Waals surface area contributed by atoms with Gasteiger partial charge in [0.25, 0.3) is 5.82 Å². The summed E-state index contributed by atoms with van der Waals surface area (Å²) >= 11 is 0. The van der Waals surface area contributed by atoms with E-state index in [2.05, 4.69) is 37.6 Å². The highest BCUT2D eigenvalue weighted by Gasteiger charge is 2.37. The second-order valence-corrected chi connectivity index (χ2v) is 6.16. The second-order valence-electron chi connectivity index (χ2n) is 6.16. The highest BCUT2D eigenvalue weighted by molar-refractivity contribution is 5.57. The lowest BCUT2D eigenvalue weighted by atomic mass is 10.2. The van der Waals surface area contributed by atoms with Crippen LogP contribution in [0.5, 0.6) is 0 Å². The Morgan fingerprint density at radius 2 is 1.92 bits per heavy atom. The summed E-state index contributed by atoms with van der Waals surface area (Å²) in [6, 6.07) is 11.4. The van der Waals surface area contributed by atoms with Crippen LogP contribution in [0.3, 0.4) is 0 Å². The van der Waals surface area contributed by atoms with E-state index in [4.69, 9.17) is 0 Å². The van der Waals surface area contributed by atoms with E-state index >= 15 is 0 Å². The fourth-order valence-electron chi connectivity index (χ4n) is 3.19. The molecule has 3 heterocycles. The molecule has 0 radical (unpaired) electrons. The number of rotatable bonds is 5. The van der Waals surface area contributed by atoms with E-state index in [-0.39, 0.29) is 5.65 Å². The zero-order valence-electron chi connectivity index (χ0n) is 13.9. The highest BCUT2D eigenvalue weighted by atomic mass is 19.4. The van der Waals surface area contributed by atoms with Gasteiger partial charge in [0.2, 0.25) is 0 Å². The summed E-state index contributed by atoms with van der Waals surface area (Å²) < 4.78 is 39.4. The number of nitrogens with zero attached hydrogens (tertiary/aromatic N) is 5. The maximum Gasteiger partial charge on any atom is 0.453 e. The number of benzene rings is 1. The molecule has 6 nitrogen and oxygen atoms in total. The lowest BCUT2D eigenvalue weighted by Gasteiger charge is -2.19. The SMILES string of the molecule is FC(F)(F)c1nnc2ccc(NCCCN3CCc4ccccc43)nn12. The molecular weight excluding hydrogens is 345 g/mol. The molecular formula is C17H17F3N6. The Morgan fingerprint density at radius 3 is 2.77 bits per heavy atom. The number of nitrogens with one attached hydrogen (secondary N) is 1. The summed E-state index contributed by atoms with van der Waals surface area (Å²) in [4.78, 5) is 2.33. The van der Waals surface area contributed by atoms with Crippen LogP contribution in [0.1, 0.15) is 17.8 Å². The molecule has 0 atom stereocenters. The first-order chi connectivity index (χ1) is 12.5. The van der Waals surface area contributed by atoms with Crippen LogP contribution in [0.15, 0.2) is 36.4 Å². The number of hydrogen-bond donors (Lipinski definition) is 1. The first-order valence-corrected chi connectivity index (χ1v) is 8.39. The second kappa shape index (κ2) is 6.47. The van der Waals surface area contributed by atoms with E-state index in [0.29, 0.717) is 12.4 Å². The molecule has 1 N–H and O–H groups in total. The molecule has 3 aromatic rings. The van der Waals surface area contributed by atoms with Gasteiger partial charge in [-0.3, -0.25) is 0 Å². The fourth-order valence-corrected chi connectivity index (χ4v) is 3.19. The maximum absolute atomic E-state index is 12.9. The molecule has 0 aliphatic carbocycles. The van der Waals surface area contributed by atoms with Crippen molar-refractivity contribution < 1.29 is 13.2 Å². The molecule has 136 valence electrons. The minimum absolute atomic E-state index is 0.0662. The monoisotopic (exact) mass is 362 g/mol. The van der Waals surface area contributed by atoms with E-state index < -0.39 is 12.0 Å². The molecule has 1 aliphatic heterocycles. The van der Waals surface area contributed by atoms with Crippen LogP contribution in [0.4, 0.5) is 24.7 Å². The third kappa shape index (κ3) is 3.16. The standard InChI is InChI=1S/C17H17F3N6/c18-17(19,20)16-23-22-15-7-6-14(24-26(15)16)21-9-3-10-25-11-8-12-4-1-2-5-13(12)25/h1-2,4-7H,3,8-11H2,(H,21,24). The van der Waals surface area contributed by atoms with Gasteiger partial charge in [-0.25, -0.2) is 0 Å². The highest BCUT2D eigenvalue weighted by Crippen LogP contribution is 2.28. The van der Waals surface area contributed by atoms with Gasteiger partial charge in [0, 0.05) is 25.3 Å². The van der Waals surface area contributed by atoms with Gasteiger partial charge in [-0.2, -0.15) is 17.7 Å². The summed E-state index contributed by atoms with van der Waals surface area (Å²) in [6.45, 7) is 2.49. The molecule has 0 amide bonds. The van der Waals surface area contributed by atoms with Crippen molar-refractivity contribution in [2.75, 3.05) is 29.9 Å². The molecule has 0 saturated heterocycles. The van der Waals surface area contributed by atoms with Crippen molar-refractivity contribution in [3.8, 4) is 0 Å². The lowest BCUT2D eigenvalue weighted by molar-refractivity contribution is -0.146. The zero-order chi connectivity index (χ0) is 18.1. The largest absolute Gasteiger partial charge is 0.453 e. The minimum Gasteiger partial charge on any atom is -0.371 e. The van der Waals surface area contributed by atoms with E-state index in [0.717, 1.165) is 30.4 Å². The molecule has 1 aromatic carbocycles. The van der Waals surface area contributed by atoms with Crippen LogP contribution in [0, 0.1) is 0 Å². The Morgan fingerprint density at radius 1 is 1.08 bits per heavy atom. The summed E-state index contributed by atoms with van der Waals surface area (Å²) in [5.74, 6) is -0.755. The number of hydrogen-bond acceptors (Lipinski definition) is 5. The average molecular weight is 362 g/mol. The van der Waals surface area contributed by atoms with Gasteiger partial charge in [0.05, 0.1) is 0 Å². The first-order valence-electron chi connectivity index (χ1n) is 8.39. The van der Waals surface area contributed by atoms with Gasteiger partial charge in [0.15, 0.2) is 5.65 Å². The Balaban J connectivity index is 1.37. The molecule has 1 aliphatic rings. The summed E-state index contributed by atoms with van der Waals surface area (Å²) in [5.41, 5.74) is 2.70. The van der Waals surface area contributed by atoms with Gasteiger partial charge in [-0.05, 0) is 36.6 Å². The van der Waals surface area contributed by atoms with Crippen molar-refractivity contribution in [3.63, 3.8) is 0 Å². The smallest absolute Gasteiger partial charge is 0.371 e. The Kier molecular flexibility index (Phi) is 4.14. The van der Waals surface area contributed by atoms with Gasteiger partial charge in [-0.1, -0.05) is 18.2 Å². The number of anilines is 2. The normalized spacial score (nSPS) is 14.0. The molecule has 26 heavy (non-hydrogen) atoms. The first kappa shape index (κ1) is 16.6. The molecule has 2 aromatic heterocycles. The van der Waals surface area contributed by atoms with E-state index in [9.17, 15) is 13.2 Å². The predicted octanol–water partition coefficient (Wildman–Crippen LogP) is 3.01. The third-order valence-corrected chi connectivity index (χ3v) is 4.41. The summed E-state index contributed by atoms with van der Waals surface area (Å²) in [6.07, 6.45) is -2.69. The van der Waals surface area contributed by atoms with Crippen molar-refractivity contribution in [2.24, 2.45) is 0 Å². The van der Waals surface area contributed by atoms with E-state index in [1.54, 1.807) is 6.07 Å². The van der Waals surface area contributed by atoms with Gasteiger partial charge >= 0.3 is 6.18 Å². The molecule has 0 saturated carbocycles. The van der Waals surface area contributed by atoms with Gasteiger partial charge in [-0.15, -0.1) is 15.3 Å². The fraction of sp³-hybridized carbons (Fsp3) is 0.353. The molecule has 4 rings (SSSR count). The van der Waals surface area contributed by atoms with Crippen LogP contribution in [-0.4, -0.2) is 39.4 Å². The van der Waals surface area contributed by atoms with Gasteiger partial charge < -0.3 is 10.2 Å². The molecule has 0 fully saturated rings. The van der Waals surface area contributed by atoms with E-state index in [1.807, 2.05) is 12.1 Å². The Labute approximate surface area is 147 Å². The number of alkyl halides is 3. The van der Waals surface area contributed by atoms with Crippen LogP contribution < -0.4 is 10.2 Å². The topological polar surface area (TPSA) is 58.4 Å². The zero-order valence-corrected chi connectivity index (χ0v) is 13.9. The predicted molar refractivity (Wildman–Crippen MR) is 91.2 cm³/mol. The molecule has 0 bridgehead atoms. The van der Waals surface area contributed by atoms with Crippen molar-refractivity contribution in [3.05, 3.63) is 47.8 Å². The van der Waals surface area contributed by atoms with Crippen molar-refractivity contribution in [1.82, 2.24) is 19.8 Å². The van der Waals surface area contributed by atoms with Crippen LogP contribution >= 0.6 is 0 Å². The lowest BCUT2D eigenvalue weighted by Crippen LogP contribution is -2.23. The Bertz CT molecular complexity index is 920. The molecule has 9 heteroatoms. The third-order valence-electron chi connectivity index (χ3n) is 4.41. The van der Waals surface area contributed by atoms with Crippen molar-refractivity contribution >= 4 is 17.2 Å². The van der Waals surface area contributed by atoms with Crippen LogP contribution in [0.25, 0.3) is 5.65 Å². The minimum atomic E-state index is -4.59. The Hall–Kier alpha value is -2.84. The number of aromatic nitrogens is 4. The van der Waals surface area contributed by atoms with Crippen LogP contribution in [-0.2, 0) is 12.6 Å². The quantitative estimate of drug-likeness (QED) is 0.707. The van der Waals surface area contributed by atoms with Crippen LogP contribution in [0.2, 0.25) is 0 Å². The number of para-hydroxylation sites is 1. The number of halogens is 3. The van der Waals surface area contributed by atoms with Crippen molar-refractivity contribution in [2.45, 2.75) is 19.0 Å². The average Bonchev–Trinajstić information content (AvgIpc) is 3.22. The molecule has 0 unspecified atom stereocenters.